The van der Waals surface area contributed by atoms with Gasteiger partial charge in [-0.3, -0.25) is 9.69 Å². The molecular weight excluding hydrogens is 406 g/mol. The van der Waals surface area contributed by atoms with Gasteiger partial charge in [0.1, 0.15) is 5.75 Å². The third kappa shape index (κ3) is 5.65. The van der Waals surface area contributed by atoms with E-state index in [1.807, 2.05) is 18.2 Å². The Kier molecular flexibility index (Phi) is 7.85. The molecule has 32 heavy (non-hydrogen) atoms. The van der Waals surface area contributed by atoms with E-state index in [0.29, 0.717) is 29.0 Å². The number of benzene rings is 2. The normalized spacial score (nSPS) is 17.8. The number of nitrogens with one attached hydrogen (secondary N) is 1. The fourth-order valence-corrected chi connectivity index (χ4v) is 4.18. The zero-order valence-electron chi connectivity index (χ0n) is 19.7. The zero-order valence-corrected chi connectivity index (χ0v) is 19.7. The molecule has 1 saturated heterocycles. The molecule has 2 N–H and O–H groups in total. The number of amides is 1. The molecule has 0 aliphatic carbocycles. The van der Waals surface area contributed by atoms with Crippen molar-refractivity contribution in [2.45, 2.75) is 32.9 Å². The molecule has 0 aromatic heterocycles. The summed E-state index contributed by atoms with van der Waals surface area (Å²) < 4.78 is 10.6. The van der Waals surface area contributed by atoms with Crippen molar-refractivity contribution < 1.29 is 19.4 Å². The number of anilines is 1. The number of carbonyl (C=O) groups is 1. The molecule has 0 unspecified atom stereocenters. The molecule has 1 amide bonds. The first-order valence-electron chi connectivity index (χ1n) is 11.1. The number of rotatable bonds is 8. The summed E-state index contributed by atoms with van der Waals surface area (Å²) in [7, 11) is 3.14. The van der Waals surface area contributed by atoms with E-state index in [2.05, 4.69) is 35.9 Å². The highest BCUT2D eigenvalue weighted by Crippen LogP contribution is 2.28. The minimum atomic E-state index is -0.115. The summed E-state index contributed by atoms with van der Waals surface area (Å²) in [6, 6.07) is 13.0. The topological polar surface area (TPSA) is 74.3 Å². The van der Waals surface area contributed by atoms with Crippen LogP contribution in [-0.4, -0.2) is 68.4 Å². The van der Waals surface area contributed by atoms with E-state index < -0.39 is 0 Å². The molecule has 2 aromatic rings. The molecule has 2 aromatic carbocycles. The molecule has 0 bridgehead atoms. The van der Waals surface area contributed by atoms with Crippen molar-refractivity contribution in [1.82, 2.24) is 10.2 Å². The number of ether oxygens (including phenoxy) is 2. The minimum Gasteiger partial charge on any atom is -0.508 e. The first-order valence-corrected chi connectivity index (χ1v) is 11.1. The molecule has 7 nitrogen and oxygen atoms in total. The van der Waals surface area contributed by atoms with Gasteiger partial charge in [-0.05, 0) is 43.2 Å². The van der Waals surface area contributed by atoms with Gasteiger partial charge < -0.3 is 24.8 Å². The van der Waals surface area contributed by atoms with Crippen LogP contribution < -0.4 is 19.7 Å². The maximum Gasteiger partial charge on any atom is 0.251 e. The van der Waals surface area contributed by atoms with Gasteiger partial charge in [-0.15, -0.1) is 0 Å². The Morgan fingerprint density at radius 2 is 1.88 bits per heavy atom. The Labute approximate surface area is 190 Å². The number of piperazine rings is 1. The van der Waals surface area contributed by atoms with Gasteiger partial charge in [0.2, 0.25) is 0 Å². The second kappa shape index (κ2) is 10.6. The van der Waals surface area contributed by atoms with Crippen molar-refractivity contribution >= 4 is 11.6 Å². The summed E-state index contributed by atoms with van der Waals surface area (Å²) in [5.41, 5.74) is 1.59. The van der Waals surface area contributed by atoms with Crippen LogP contribution in [0.15, 0.2) is 42.5 Å². The lowest BCUT2D eigenvalue weighted by Crippen LogP contribution is -2.56. The second-order valence-electron chi connectivity index (χ2n) is 8.72. The molecular formula is C25H35N3O4. The molecule has 3 rings (SSSR count). The molecule has 1 heterocycles. The Morgan fingerprint density at radius 3 is 2.50 bits per heavy atom. The molecule has 174 valence electrons. The Morgan fingerprint density at radius 1 is 1.12 bits per heavy atom. The van der Waals surface area contributed by atoms with Crippen molar-refractivity contribution in [2.75, 3.05) is 45.3 Å². The first-order chi connectivity index (χ1) is 15.3. The van der Waals surface area contributed by atoms with Gasteiger partial charge in [0.15, 0.2) is 11.5 Å². The second-order valence-corrected chi connectivity index (χ2v) is 8.72. The van der Waals surface area contributed by atoms with Crippen LogP contribution in [0, 0.1) is 5.92 Å². The SMILES string of the molecule is COc1ccc(C(=O)N[C@H](CN2CCN(c3cccc(O)c3)[C@@H](C)C2)C(C)C)cc1OC. The van der Waals surface area contributed by atoms with E-state index in [1.165, 1.54) is 0 Å². The predicted octanol–water partition coefficient (Wildman–Crippen LogP) is 3.37. The molecule has 1 fully saturated rings. The van der Waals surface area contributed by atoms with Crippen LogP contribution in [0.2, 0.25) is 0 Å². The number of phenols is 1. The summed E-state index contributed by atoms with van der Waals surface area (Å²) in [5, 5.41) is 13.0. The van der Waals surface area contributed by atoms with Crippen LogP contribution in [0.3, 0.4) is 0 Å². The third-order valence-corrected chi connectivity index (χ3v) is 6.09. The minimum absolute atomic E-state index is 0.0233. The van der Waals surface area contributed by atoms with Gasteiger partial charge in [-0.2, -0.15) is 0 Å². The van der Waals surface area contributed by atoms with E-state index in [9.17, 15) is 9.90 Å². The lowest BCUT2D eigenvalue weighted by Gasteiger charge is -2.42. The largest absolute Gasteiger partial charge is 0.508 e. The fourth-order valence-electron chi connectivity index (χ4n) is 4.18. The number of aromatic hydroxyl groups is 1. The van der Waals surface area contributed by atoms with Crippen molar-refractivity contribution in [3.8, 4) is 17.2 Å². The number of hydrogen-bond donors (Lipinski definition) is 2. The predicted molar refractivity (Wildman–Crippen MR) is 127 cm³/mol. The maximum atomic E-state index is 12.9. The van der Waals surface area contributed by atoms with E-state index in [-0.39, 0.29) is 17.7 Å². The lowest BCUT2D eigenvalue weighted by molar-refractivity contribution is 0.0902. The molecule has 1 aliphatic rings. The van der Waals surface area contributed by atoms with E-state index in [0.717, 1.165) is 31.9 Å². The summed E-state index contributed by atoms with van der Waals surface area (Å²) in [6.07, 6.45) is 0. The van der Waals surface area contributed by atoms with Crippen LogP contribution >= 0.6 is 0 Å². The fraction of sp³-hybridized carbons (Fsp3) is 0.480. The van der Waals surface area contributed by atoms with Crippen LogP contribution in [0.1, 0.15) is 31.1 Å². The standard InChI is InChI=1S/C25H35N3O4/c1-17(2)22(26-25(30)19-9-10-23(31-4)24(13-19)32-5)16-27-11-12-28(18(3)15-27)20-7-6-8-21(29)14-20/h6-10,13-14,17-18,22,29H,11-12,15-16H2,1-5H3,(H,26,30)/t18-,22+/m0/s1. The number of methoxy groups -OCH3 is 2. The van der Waals surface area contributed by atoms with E-state index in [4.69, 9.17) is 9.47 Å². The van der Waals surface area contributed by atoms with Gasteiger partial charge in [-0.1, -0.05) is 19.9 Å². The molecule has 1 aliphatic heterocycles. The van der Waals surface area contributed by atoms with Gasteiger partial charge in [-0.25, -0.2) is 0 Å². The van der Waals surface area contributed by atoms with Gasteiger partial charge >= 0.3 is 0 Å². The summed E-state index contributed by atoms with van der Waals surface area (Å²) in [6.45, 7) is 9.91. The monoisotopic (exact) mass is 441 g/mol. The average molecular weight is 442 g/mol. The molecule has 0 spiro atoms. The smallest absolute Gasteiger partial charge is 0.251 e. The molecule has 0 saturated carbocycles. The van der Waals surface area contributed by atoms with Crippen molar-refractivity contribution in [1.29, 1.82) is 0 Å². The third-order valence-electron chi connectivity index (χ3n) is 6.09. The van der Waals surface area contributed by atoms with Gasteiger partial charge in [0.05, 0.1) is 14.2 Å². The van der Waals surface area contributed by atoms with E-state index >= 15 is 0 Å². The summed E-state index contributed by atoms with van der Waals surface area (Å²) in [5.74, 6) is 1.60. The van der Waals surface area contributed by atoms with Crippen molar-refractivity contribution in [3.05, 3.63) is 48.0 Å². The van der Waals surface area contributed by atoms with Crippen LogP contribution in [0.25, 0.3) is 0 Å². The summed E-state index contributed by atoms with van der Waals surface area (Å²) >= 11 is 0. The van der Waals surface area contributed by atoms with Gasteiger partial charge in [0.25, 0.3) is 5.91 Å². The Bertz CT molecular complexity index is 918. The van der Waals surface area contributed by atoms with Crippen LogP contribution in [-0.2, 0) is 0 Å². The van der Waals surface area contributed by atoms with E-state index in [1.54, 1.807) is 38.5 Å². The highest BCUT2D eigenvalue weighted by atomic mass is 16.5. The molecule has 0 radical (unpaired) electrons. The lowest BCUT2D eigenvalue weighted by atomic mass is 10.0. The highest BCUT2D eigenvalue weighted by Gasteiger charge is 2.27. The first kappa shape index (κ1) is 23.7. The Hall–Kier alpha value is -2.93. The number of carbonyl (C=O) groups excluding carboxylic acids is 1. The zero-order chi connectivity index (χ0) is 23.3. The quantitative estimate of drug-likeness (QED) is 0.654. The van der Waals surface area contributed by atoms with Crippen molar-refractivity contribution in [2.24, 2.45) is 5.92 Å². The molecule has 7 heteroatoms. The Balaban J connectivity index is 1.63. The van der Waals surface area contributed by atoms with Crippen LogP contribution in [0.4, 0.5) is 5.69 Å². The van der Waals surface area contributed by atoms with Crippen LogP contribution in [0.5, 0.6) is 17.2 Å². The average Bonchev–Trinajstić information content (AvgIpc) is 2.78. The number of nitrogens with zero attached hydrogens (tertiary/aromatic N) is 2. The highest BCUT2D eigenvalue weighted by molar-refractivity contribution is 5.95. The van der Waals surface area contributed by atoms with Gasteiger partial charge in [0, 0.05) is 55.6 Å². The summed E-state index contributed by atoms with van der Waals surface area (Å²) in [4.78, 5) is 17.7. The number of phenolic OH excluding ortho intramolecular Hbond substituents is 1. The van der Waals surface area contributed by atoms with Crippen molar-refractivity contribution in [3.63, 3.8) is 0 Å². The maximum absolute atomic E-state index is 12.9. The number of hydrogen-bond acceptors (Lipinski definition) is 6. The molecule has 2 atom stereocenters.